The van der Waals surface area contributed by atoms with Gasteiger partial charge >= 0.3 is 11.9 Å². The number of carbonyl (C=O) groups excluding carboxylic acids is 2. The average Bonchev–Trinajstić information content (AvgIpc) is 2.94. The highest BCUT2D eigenvalue weighted by molar-refractivity contribution is 5.89. The van der Waals surface area contributed by atoms with Crippen LogP contribution in [0.2, 0.25) is 0 Å². The molecular formula is C19H20O7. The van der Waals surface area contributed by atoms with Crippen LogP contribution >= 0.6 is 0 Å². The largest absolute Gasteiger partial charge is 0.453 e. The summed E-state index contributed by atoms with van der Waals surface area (Å²) in [7, 11) is 0. The van der Waals surface area contributed by atoms with E-state index in [0.717, 1.165) is 0 Å². The number of fused-ring (bicyclic) bond motifs is 1. The topological polar surface area (TPSA) is 102 Å². The van der Waals surface area contributed by atoms with Gasteiger partial charge in [-0.2, -0.15) is 0 Å². The van der Waals surface area contributed by atoms with E-state index in [4.69, 9.17) is 14.2 Å². The molecule has 7 nitrogen and oxygen atoms in total. The van der Waals surface area contributed by atoms with Crippen LogP contribution in [0.15, 0.2) is 54.6 Å². The molecule has 0 bridgehead atoms. The van der Waals surface area contributed by atoms with Crippen molar-refractivity contribution in [2.45, 2.75) is 43.5 Å². The predicted octanol–water partition coefficient (Wildman–Crippen LogP) is 0.759. The molecule has 1 aromatic rings. The molecule has 2 N–H and O–H groups in total. The van der Waals surface area contributed by atoms with Crippen LogP contribution in [0, 0.1) is 0 Å². The van der Waals surface area contributed by atoms with E-state index >= 15 is 0 Å². The van der Waals surface area contributed by atoms with Gasteiger partial charge < -0.3 is 24.4 Å². The van der Waals surface area contributed by atoms with Crippen LogP contribution in [0.3, 0.4) is 0 Å². The Morgan fingerprint density at radius 2 is 2.04 bits per heavy atom. The van der Waals surface area contributed by atoms with E-state index in [0.29, 0.717) is 5.56 Å². The van der Waals surface area contributed by atoms with Crippen LogP contribution in [0.4, 0.5) is 0 Å². The lowest BCUT2D eigenvalue weighted by Crippen LogP contribution is -2.38. The summed E-state index contributed by atoms with van der Waals surface area (Å²) in [6.45, 7) is 1.49. The molecule has 7 heteroatoms. The fourth-order valence-corrected chi connectivity index (χ4v) is 2.80. The summed E-state index contributed by atoms with van der Waals surface area (Å²) in [5, 5.41) is 20.1. The van der Waals surface area contributed by atoms with E-state index in [1.165, 1.54) is 31.2 Å². The van der Waals surface area contributed by atoms with Gasteiger partial charge in [0.2, 0.25) is 0 Å². The highest BCUT2D eigenvalue weighted by atomic mass is 16.6. The molecule has 0 amide bonds. The smallest absolute Gasteiger partial charge is 0.338 e. The number of aliphatic hydroxyl groups excluding tert-OH is 2. The van der Waals surface area contributed by atoms with Gasteiger partial charge in [-0.15, -0.1) is 0 Å². The third-order valence-corrected chi connectivity index (χ3v) is 4.20. The lowest BCUT2D eigenvalue weighted by atomic mass is 10.0. The number of hydrogen-bond donors (Lipinski definition) is 2. The zero-order valence-electron chi connectivity index (χ0n) is 14.1. The molecular weight excluding hydrogens is 340 g/mol. The van der Waals surface area contributed by atoms with Gasteiger partial charge in [-0.05, 0) is 31.2 Å². The molecule has 2 aliphatic rings. The van der Waals surface area contributed by atoms with Crippen molar-refractivity contribution >= 4 is 11.9 Å². The fraction of sp³-hybridized carbons (Fsp3) is 0.368. The van der Waals surface area contributed by atoms with Crippen molar-refractivity contribution in [1.82, 2.24) is 0 Å². The number of ether oxygens (including phenoxy) is 3. The van der Waals surface area contributed by atoms with Gasteiger partial charge in [0.05, 0.1) is 11.7 Å². The molecule has 138 valence electrons. The van der Waals surface area contributed by atoms with Gasteiger partial charge in [0, 0.05) is 6.08 Å². The van der Waals surface area contributed by atoms with Crippen LogP contribution in [0.1, 0.15) is 17.3 Å². The van der Waals surface area contributed by atoms with Crippen LogP contribution < -0.4 is 0 Å². The maximum Gasteiger partial charge on any atom is 0.338 e. The number of esters is 2. The summed E-state index contributed by atoms with van der Waals surface area (Å²) in [5.74, 6) is -1.10. The Bertz CT molecular complexity index is 710. The molecule has 0 saturated carbocycles. The molecule has 3 rings (SSSR count). The normalized spacial score (nSPS) is 29.9. The molecule has 2 heterocycles. The fourth-order valence-electron chi connectivity index (χ4n) is 2.80. The first-order valence-corrected chi connectivity index (χ1v) is 8.30. The SMILES string of the molecule is C[C@@H](O)[C@@H](/C=C/[C@H]1O[C@H]2C=CC(=O)O[C@H]2[C@H]1O)OC(=O)c1ccccc1. The zero-order valence-corrected chi connectivity index (χ0v) is 14.1. The van der Waals surface area contributed by atoms with Gasteiger partial charge in [-0.1, -0.05) is 24.3 Å². The average molecular weight is 360 g/mol. The Hall–Kier alpha value is -2.48. The van der Waals surface area contributed by atoms with E-state index in [2.05, 4.69) is 0 Å². The number of hydrogen-bond acceptors (Lipinski definition) is 7. The standard InChI is InChI=1S/C19H20O7/c1-11(20)13(25-19(23)12-5-3-2-4-6-12)7-8-14-17(22)18-15(24-14)9-10-16(21)26-18/h2-11,13-15,17-18,20,22H,1H3/b8-7+/t11-,13-,14-,15+,17+,18-/m1/s1. The Kier molecular flexibility index (Phi) is 5.51. The number of aliphatic hydroxyl groups is 2. The summed E-state index contributed by atoms with van der Waals surface area (Å²) >= 11 is 0. The van der Waals surface area contributed by atoms with Crippen molar-refractivity contribution in [3.05, 3.63) is 60.2 Å². The van der Waals surface area contributed by atoms with Crippen molar-refractivity contribution in [3.63, 3.8) is 0 Å². The van der Waals surface area contributed by atoms with Crippen molar-refractivity contribution in [1.29, 1.82) is 0 Å². The number of carbonyl (C=O) groups is 2. The minimum atomic E-state index is -1.05. The van der Waals surface area contributed by atoms with E-state index < -0.39 is 48.6 Å². The van der Waals surface area contributed by atoms with E-state index in [9.17, 15) is 19.8 Å². The highest BCUT2D eigenvalue weighted by Gasteiger charge is 2.45. The van der Waals surface area contributed by atoms with E-state index in [1.54, 1.807) is 30.3 Å². The second-order valence-corrected chi connectivity index (χ2v) is 6.18. The second kappa shape index (κ2) is 7.82. The van der Waals surface area contributed by atoms with Gasteiger partial charge in [-0.3, -0.25) is 0 Å². The Labute approximate surface area is 150 Å². The molecule has 1 saturated heterocycles. The van der Waals surface area contributed by atoms with Crippen LogP contribution in [-0.4, -0.2) is 58.8 Å². The monoisotopic (exact) mass is 360 g/mol. The molecule has 1 fully saturated rings. The third-order valence-electron chi connectivity index (χ3n) is 4.20. The molecule has 0 unspecified atom stereocenters. The minimum Gasteiger partial charge on any atom is -0.453 e. The van der Waals surface area contributed by atoms with Crippen molar-refractivity contribution < 1.29 is 34.0 Å². The summed E-state index contributed by atoms with van der Waals surface area (Å²) in [4.78, 5) is 23.4. The van der Waals surface area contributed by atoms with Crippen molar-refractivity contribution in [2.75, 3.05) is 0 Å². The van der Waals surface area contributed by atoms with Crippen molar-refractivity contribution in [3.8, 4) is 0 Å². The quantitative estimate of drug-likeness (QED) is 0.590. The molecule has 0 radical (unpaired) electrons. The molecule has 1 aromatic carbocycles. The molecule has 0 aromatic heterocycles. The molecule has 2 aliphatic heterocycles. The maximum absolute atomic E-state index is 12.1. The Balaban J connectivity index is 1.66. The van der Waals surface area contributed by atoms with Crippen molar-refractivity contribution in [2.24, 2.45) is 0 Å². The second-order valence-electron chi connectivity index (χ2n) is 6.18. The molecule has 0 spiro atoms. The molecule has 26 heavy (non-hydrogen) atoms. The highest BCUT2D eigenvalue weighted by Crippen LogP contribution is 2.28. The minimum absolute atomic E-state index is 0.367. The number of rotatable bonds is 5. The maximum atomic E-state index is 12.1. The number of benzene rings is 1. The van der Waals surface area contributed by atoms with Crippen LogP contribution in [0.5, 0.6) is 0 Å². The van der Waals surface area contributed by atoms with Gasteiger partial charge in [-0.25, -0.2) is 9.59 Å². The predicted molar refractivity (Wildman–Crippen MR) is 90.2 cm³/mol. The zero-order chi connectivity index (χ0) is 18.7. The summed E-state index contributed by atoms with van der Waals surface area (Å²) in [6.07, 6.45) is 0.754. The lowest BCUT2D eigenvalue weighted by Gasteiger charge is -2.20. The Morgan fingerprint density at radius 3 is 2.73 bits per heavy atom. The lowest BCUT2D eigenvalue weighted by molar-refractivity contribution is -0.150. The third kappa shape index (κ3) is 4.01. The van der Waals surface area contributed by atoms with E-state index in [-0.39, 0.29) is 0 Å². The van der Waals surface area contributed by atoms with Crippen LogP contribution in [-0.2, 0) is 19.0 Å². The first-order valence-electron chi connectivity index (χ1n) is 8.30. The van der Waals surface area contributed by atoms with Gasteiger partial charge in [0.15, 0.2) is 6.10 Å². The van der Waals surface area contributed by atoms with Gasteiger partial charge in [0.25, 0.3) is 0 Å². The van der Waals surface area contributed by atoms with E-state index in [1.807, 2.05) is 0 Å². The first kappa shape index (κ1) is 18.3. The van der Waals surface area contributed by atoms with Crippen LogP contribution in [0.25, 0.3) is 0 Å². The summed E-state index contributed by atoms with van der Waals surface area (Å²) in [6, 6.07) is 8.43. The molecule has 0 aliphatic carbocycles. The molecule has 6 atom stereocenters. The first-order chi connectivity index (χ1) is 12.5. The van der Waals surface area contributed by atoms with Gasteiger partial charge in [0.1, 0.15) is 24.4 Å². The Morgan fingerprint density at radius 1 is 1.31 bits per heavy atom. The summed E-state index contributed by atoms with van der Waals surface area (Å²) < 4.78 is 16.0. The summed E-state index contributed by atoms with van der Waals surface area (Å²) in [5.41, 5.74) is 0.367.